The molecule has 1 saturated heterocycles. The summed E-state index contributed by atoms with van der Waals surface area (Å²) < 4.78 is 0. The van der Waals surface area contributed by atoms with E-state index in [9.17, 15) is 9.59 Å². The Balaban J connectivity index is 1.49. The first-order valence-corrected chi connectivity index (χ1v) is 12.6. The van der Waals surface area contributed by atoms with E-state index < -0.39 is 0 Å². The number of carbonyl (C=O) groups excluding carboxylic acids is 2. The molecule has 1 heterocycles. The summed E-state index contributed by atoms with van der Waals surface area (Å²) in [4.78, 5) is 28.1. The largest absolute Gasteiger partial charge is 0.371 e. The van der Waals surface area contributed by atoms with E-state index in [1.54, 1.807) is 30.3 Å². The Labute approximate surface area is 212 Å². The maximum atomic E-state index is 13.1. The standard InChI is InChI=1S/C29H32ClN3O2/c1-20(2)31-29(35)26-19-25(32-28(34)23-8-10-24(30)11-9-23)12-13-27(26)33-16-14-22(15-17-33)18-21-6-4-3-5-7-21/h3-13,19-20,22H,14-18H2,1-2H3,(H,31,35)(H,32,34). The summed E-state index contributed by atoms with van der Waals surface area (Å²) >= 11 is 5.93. The van der Waals surface area contributed by atoms with E-state index in [0.717, 1.165) is 38.0 Å². The maximum Gasteiger partial charge on any atom is 0.255 e. The van der Waals surface area contributed by atoms with E-state index in [-0.39, 0.29) is 17.9 Å². The molecule has 0 spiro atoms. The molecule has 0 atom stereocenters. The monoisotopic (exact) mass is 489 g/mol. The molecule has 1 aliphatic rings. The molecule has 1 fully saturated rings. The van der Waals surface area contributed by atoms with Crippen LogP contribution in [0.5, 0.6) is 0 Å². The molecule has 35 heavy (non-hydrogen) atoms. The number of nitrogens with one attached hydrogen (secondary N) is 2. The lowest BCUT2D eigenvalue weighted by Crippen LogP contribution is -2.37. The first-order chi connectivity index (χ1) is 16.9. The average Bonchev–Trinajstić information content (AvgIpc) is 2.85. The second-order valence-corrected chi connectivity index (χ2v) is 9.88. The summed E-state index contributed by atoms with van der Waals surface area (Å²) in [7, 11) is 0. The maximum absolute atomic E-state index is 13.1. The van der Waals surface area contributed by atoms with Gasteiger partial charge in [-0.3, -0.25) is 9.59 Å². The first-order valence-electron chi connectivity index (χ1n) is 12.2. The number of hydrogen-bond acceptors (Lipinski definition) is 3. The molecule has 0 radical (unpaired) electrons. The summed E-state index contributed by atoms with van der Waals surface area (Å²) in [6, 6.07) is 23.0. The van der Waals surface area contributed by atoms with Gasteiger partial charge in [0, 0.05) is 41.1 Å². The SMILES string of the molecule is CC(C)NC(=O)c1cc(NC(=O)c2ccc(Cl)cc2)ccc1N1CCC(Cc2ccccc2)CC1. The Morgan fingerprint density at radius 3 is 2.29 bits per heavy atom. The molecule has 3 aromatic rings. The molecule has 1 aliphatic heterocycles. The Kier molecular flexibility index (Phi) is 8.09. The normalized spacial score (nSPS) is 14.1. The summed E-state index contributed by atoms with van der Waals surface area (Å²) in [5, 5.41) is 6.49. The molecule has 182 valence electrons. The van der Waals surface area contributed by atoms with Crippen LogP contribution in [0.25, 0.3) is 0 Å². The van der Waals surface area contributed by atoms with Gasteiger partial charge in [0.25, 0.3) is 11.8 Å². The minimum absolute atomic E-state index is 0.0132. The van der Waals surface area contributed by atoms with Crippen molar-refractivity contribution in [1.29, 1.82) is 0 Å². The average molecular weight is 490 g/mol. The minimum atomic E-state index is -0.244. The van der Waals surface area contributed by atoms with E-state index in [0.29, 0.717) is 27.8 Å². The van der Waals surface area contributed by atoms with Gasteiger partial charge in [0.05, 0.1) is 5.56 Å². The van der Waals surface area contributed by atoms with Gasteiger partial charge in [0.1, 0.15) is 0 Å². The van der Waals surface area contributed by atoms with Crippen LogP contribution in [-0.2, 0) is 6.42 Å². The molecular weight excluding hydrogens is 458 g/mol. The van der Waals surface area contributed by atoms with Gasteiger partial charge in [-0.15, -0.1) is 0 Å². The molecule has 4 rings (SSSR count). The van der Waals surface area contributed by atoms with Crippen molar-refractivity contribution in [3.63, 3.8) is 0 Å². The molecular formula is C29H32ClN3O2. The number of anilines is 2. The molecule has 6 heteroatoms. The Hall–Kier alpha value is -3.31. The number of amides is 2. The number of nitrogens with zero attached hydrogens (tertiary/aromatic N) is 1. The Bertz CT molecular complexity index is 1150. The van der Waals surface area contributed by atoms with E-state index >= 15 is 0 Å². The minimum Gasteiger partial charge on any atom is -0.371 e. The van der Waals surface area contributed by atoms with Gasteiger partial charge >= 0.3 is 0 Å². The van der Waals surface area contributed by atoms with Crippen LogP contribution in [-0.4, -0.2) is 30.9 Å². The van der Waals surface area contributed by atoms with Crippen molar-refractivity contribution in [2.75, 3.05) is 23.3 Å². The molecule has 0 bridgehead atoms. The second kappa shape index (κ2) is 11.4. The lowest BCUT2D eigenvalue weighted by molar-refractivity contribution is 0.0942. The second-order valence-electron chi connectivity index (χ2n) is 9.44. The fourth-order valence-electron chi connectivity index (χ4n) is 4.54. The van der Waals surface area contributed by atoms with Crippen LogP contribution in [0.3, 0.4) is 0 Å². The zero-order valence-corrected chi connectivity index (χ0v) is 21.0. The number of halogens is 1. The molecule has 5 nitrogen and oxygen atoms in total. The third-order valence-corrected chi connectivity index (χ3v) is 6.60. The highest BCUT2D eigenvalue weighted by molar-refractivity contribution is 6.30. The highest BCUT2D eigenvalue weighted by Gasteiger charge is 2.24. The molecule has 0 aromatic heterocycles. The lowest BCUT2D eigenvalue weighted by atomic mass is 9.89. The number of carbonyl (C=O) groups is 2. The van der Waals surface area contributed by atoms with Crippen molar-refractivity contribution in [3.05, 3.63) is 94.5 Å². The van der Waals surface area contributed by atoms with Gasteiger partial charge in [0.15, 0.2) is 0 Å². The molecule has 2 N–H and O–H groups in total. The van der Waals surface area contributed by atoms with Crippen LogP contribution < -0.4 is 15.5 Å². The summed E-state index contributed by atoms with van der Waals surface area (Å²) in [6.07, 6.45) is 3.25. The van der Waals surface area contributed by atoms with Crippen LogP contribution >= 0.6 is 11.6 Å². The smallest absolute Gasteiger partial charge is 0.255 e. The third-order valence-electron chi connectivity index (χ3n) is 6.35. The van der Waals surface area contributed by atoms with Gasteiger partial charge in [-0.2, -0.15) is 0 Å². The molecule has 0 aliphatic carbocycles. The van der Waals surface area contributed by atoms with Gasteiger partial charge in [-0.25, -0.2) is 0 Å². The van der Waals surface area contributed by atoms with E-state index in [4.69, 9.17) is 11.6 Å². The van der Waals surface area contributed by atoms with E-state index in [1.165, 1.54) is 5.56 Å². The first kappa shape index (κ1) is 24.8. The van der Waals surface area contributed by atoms with Gasteiger partial charge in [-0.1, -0.05) is 41.9 Å². The number of hydrogen-bond donors (Lipinski definition) is 2. The quantitative estimate of drug-likeness (QED) is 0.416. The molecule has 0 saturated carbocycles. The lowest BCUT2D eigenvalue weighted by Gasteiger charge is -2.35. The van der Waals surface area contributed by atoms with E-state index in [2.05, 4.69) is 45.9 Å². The fourth-order valence-corrected chi connectivity index (χ4v) is 4.67. The zero-order valence-electron chi connectivity index (χ0n) is 20.3. The van der Waals surface area contributed by atoms with Crippen molar-refractivity contribution < 1.29 is 9.59 Å². The predicted octanol–water partition coefficient (Wildman–Crippen LogP) is 6.19. The third kappa shape index (κ3) is 6.64. The summed E-state index contributed by atoms with van der Waals surface area (Å²) in [5.41, 5.74) is 3.96. The van der Waals surface area contributed by atoms with Crippen molar-refractivity contribution >= 4 is 34.8 Å². The van der Waals surface area contributed by atoms with Crippen molar-refractivity contribution in [2.24, 2.45) is 5.92 Å². The highest BCUT2D eigenvalue weighted by Crippen LogP contribution is 2.30. The van der Waals surface area contributed by atoms with Gasteiger partial charge < -0.3 is 15.5 Å². The predicted molar refractivity (Wildman–Crippen MR) is 144 cm³/mol. The number of benzene rings is 3. The Morgan fingerprint density at radius 1 is 0.943 bits per heavy atom. The highest BCUT2D eigenvalue weighted by atomic mass is 35.5. The van der Waals surface area contributed by atoms with Crippen molar-refractivity contribution in [1.82, 2.24) is 5.32 Å². The van der Waals surface area contributed by atoms with Crippen LogP contribution in [0.4, 0.5) is 11.4 Å². The van der Waals surface area contributed by atoms with Crippen molar-refractivity contribution in [2.45, 2.75) is 39.2 Å². The Morgan fingerprint density at radius 2 is 1.63 bits per heavy atom. The summed E-state index contributed by atoms with van der Waals surface area (Å²) in [6.45, 7) is 5.68. The molecule has 2 amide bonds. The van der Waals surface area contributed by atoms with Gasteiger partial charge in [0.2, 0.25) is 0 Å². The molecule has 3 aromatic carbocycles. The topological polar surface area (TPSA) is 61.4 Å². The number of piperidine rings is 1. The number of rotatable bonds is 7. The van der Waals surface area contributed by atoms with Crippen LogP contribution in [0.1, 0.15) is 53.0 Å². The fraction of sp³-hybridized carbons (Fsp3) is 0.310. The molecule has 0 unspecified atom stereocenters. The van der Waals surface area contributed by atoms with Crippen LogP contribution in [0, 0.1) is 5.92 Å². The summed E-state index contributed by atoms with van der Waals surface area (Å²) in [5.74, 6) is 0.259. The zero-order chi connectivity index (χ0) is 24.8. The van der Waals surface area contributed by atoms with Crippen LogP contribution in [0.2, 0.25) is 5.02 Å². The van der Waals surface area contributed by atoms with Crippen LogP contribution in [0.15, 0.2) is 72.8 Å². The van der Waals surface area contributed by atoms with Gasteiger partial charge in [-0.05, 0) is 87.1 Å². The van der Waals surface area contributed by atoms with E-state index in [1.807, 2.05) is 26.0 Å². The van der Waals surface area contributed by atoms with Crippen molar-refractivity contribution in [3.8, 4) is 0 Å².